The zero-order valence-electron chi connectivity index (χ0n) is 15.5. The van der Waals surface area contributed by atoms with Crippen LogP contribution in [0.25, 0.3) is 0 Å². The molecule has 1 amide bonds. The molecule has 5 nitrogen and oxygen atoms in total. The molecule has 0 saturated carbocycles. The van der Waals surface area contributed by atoms with Gasteiger partial charge in [-0.25, -0.2) is 4.79 Å². The van der Waals surface area contributed by atoms with E-state index in [0.717, 1.165) is 24.9 Å². The Kier molecular flexibility index (Phi) is 7.44. The van der Waals surface area contributed by atoms with Gasteiger partial charge < -0.3 is 15.0 Å². The zero-order chi connectivity index (χ0) is 18.2. The summed E-state index contributed by atoms with van der Waals surface area (Å²) in [6, 6.07) is 8.93. The van der Waals surface area contributed by atoms with Crippen molar-refractivity contribution in [2.75, 3.05) is 13.1 Å². The van der Waals surface area contributed by atoms with Gasteiger partial charge in [-0.1, -0.05) is 44.2 Å². The summed E-state index contributed by atoms with van der Waals surface area (Å²) in [5, 5.41) is 3.23. The fourth-order valence-corrected chi connectivity index (χ4v) is 3.25. The van der Waals surface area contributed by atoms with E-state index in [4.69, 9.17) is 4.74 Å². The number of nitrogens with one attached hydrogen (secondary N) is 1. The van der Waals surface area contributed by atoms with Crippen LogP contribution in [0.4, 0.5) is 0 Å². The molecule has 0 unspecified atom stereocenters. The van der Waals surface area contributed by atoms with E-state index in [1.807, 2.05) is 37.3 Å². The molecule has 138 valence electrons. The van der Waals surface area contributed by atoms with Crippen molar-refractivity contribution < 1.29 is 14.3 Å². The molecule has 5 heteroatoms. The fourth-order valence-electron chi connectivity index (χ4n) is 3.25. The van der Waals surface area contributed by atoms with E-state index in [1.54, 1.807) is 4.90 Å². The van der Waals surface area contributed by atoms with Gasteiger partial charge in [-0.05, 0) is 44.2 Å². The van der Waals surface area contributed by atoms with Crippen LogP contribution in [-0.4, -0.2) is 41.9 Å². The van der Waals surface area contributed by atoms with E-state index >= 15 is 0 Å². The van der Waals surface area contributed by atoms with Gasteiger partial charge >= 0.3 is 5.97 Å². The van der Waals surface area contributed by atoms with Gasteiger partial charge in [0.1, 0.15) is 12.6 Å². The average Bonchev–Trinajstić information content (AvgIpc) is 3.14. The maximum Gasteiger partial charge on any atom is 0.329 e. The predicted molar refractivity (Wildman–Crippen MR) is 97.9 cm³/mol. The van der Waals surface area contributed by atoms with E-state index in [0.29, 0.717) is 18.9 Å². The number of likely N-dealkylation sites (N-methyl/N-ethyl adjacent to an activating group) is 1. The van der Waals surface area contributed by atoms with Gasteiger partial charge in [-0.2, -0.15) is 0 Å². The number of carbonyl (C=O) groups is 2. The van der Waals surface area contributed by atoms with E-state index in [9.17, 15) is 9.59 Å². The number of nitrogens with zero attached hydrogens (tertiary/aromatic N) is 1. The summed E-state index contributed by atoms with van der Waals surface area (Å²) in [5.74, 6) is 0.000670. The maximum absolute atomic E-state index is 12.8. The molecule has 2 rings (SSSR count). The highest BCUT2D eigenvalue weighted by molar-refractivity contribution is 5.87. The van der Waals surface area contributed by atoms with E-state index in [-0.39, 0.29) is 24.5 Å². The lowest BCUT2D eigenvalue weighted by Gasteiger charge is -2.32. The number of hydrogen-bond donors (Lipinski definition) is 1. The lowest BCUT2D eigenvalue weighted by Crippen LogP contribution is -2.52. The molecule has 1 N–H and O–H groups in total. The maximum atomic E-state index is 12.8. The number of carbonyl (C=O) groups excluding carboxylic acids is 2. The molecule has 1 heterocycles. The van der Waals surface area contributed by atoms with E-state index in [2.05, 4.69) is 19.2 Å². The highest BCUT2D eigenvalue weighted by Crippen LogP contribution is 2.18. The zero-order valence-corrected chi connectivity index (χ0v) is 15.5. The van der Waals surface area contributed by atoms with Crippen molar-refractivity contribution in [3.8, 4) is 0 Å². The molecule has 1 aromatic rings. The molecule has 1 aliphatic rings. The Labute approximate surface area is 150 Å². The Hall–Kier alpha value is -1.88. The molecule has 1 aromatic carbocycles. The van der Waals surface area contributed by atoms with E-state index in [1.165, 1.54) is 0 Å². The van der Waals surface area contributed by atoms with Gasteiger partial charge in [0.05, 0.1) is 6.04 Å². The summed E-state index contributed by atoms with van der Waals surface area (Å²) in [4.78, 5) is 27.3. The summed E-state index contributed by atoms with van der Waals surface area (Å²) in [6.07, 6.45) is 2.45. The molecule has 0 bridgehead atoms. The normalized spacial score (nSPS) is 18.2. The van der Waals surface area contributed by atoms with Crippen molar-refractivity contribution in [2.45, 2.75) is 58.7 Å². The Morgan fingerprint density at radius 3 is 2.56 bits per heavy atom. The van der Waals surface area contributed by atoms with Crippen molar-refractivity contribution in [2.24, 2.45) is 5.92 Å². The summed E-state index contributed by atoms with van der Waals surface area (Å²) in [5.41, 5.74) is 0.950. The minimum absolute atomic E-state index is 0.0160. The van der Waals surface area contributed by atoms with Crippen molar-refractivity contribution in [3.63, 3.8) is 0 Å². The van der Waals surface area contributed by atoms with Gasteiger partial charge in [0.2, 0.25) is 5.91 Å². The number of esters is 1. The van der Waals surface area contributed by atoms with Crippen LogP contribution in [0.15, 0.2) is 30.3 Å². The molecule has 0 aliphatic carbocycles. The van der Waals surface area contributed by atoms with Gasteiger partial charge in [0, 0.05) is 6.54 Å². The van der Waals surface area contributed by atoms with Crippen molar-refractivity contribution in [3.05, 3.63) is 35.9 Å². The molecule has 0 aromatic heterocycles. The highest BCUT2D eigenvalue weighted by Gasteiger charge is 2.35. The first-order valence-corrected chi connectivity index (χ1v) is 9.27. The lowest BCUT2D eigenvalue weighted by molar-refractivity contribution is -0.157. The van der Waals surface area contributed by atoms with Crippen molar-refractivity contribution in [1.82, 2.24) is 10.2 Å². The quantitative estimate of drug-likeness (QED) is 0.736. The Balaban J connectivity index is 2.06. The molecular formula is C20H30N2O3. The first-order chi connectivity index (χ1) is 12.0. The molecule has 0 radical (unpaired) electrons. The number of rotatable bonds is 8. The third kappa shape index (κ3) is 5.56. The first kappa shape index (κ1) is 19.4. The van der Waals surface area contributed by atoms with Crippen LogP contribution in [0.3, 0.4) is 0 Å². The molecule has 1 aliphatic heterocycles. The fraction of sp³-hybridized carbons (Fsp3) is 0.600. The minimum Gasteiger partial charge on any atom is -0.459 e. The van der Waals surface area contributed by atoms with Crippen molar-refractivity contribution >= 4 is 11.9 Å². The second-order valence-corrected chi connectivity index (χ2v) is 7.01. The largest absolute Gasteiger partial charge is 0.459 e. The Morgan fingerprint density at radius 1 is 1.28 bits per heavy atom. The number of hydrogen-bond acceptors (Lipinski definition) is 4. The van der Waals surface area contributed by atoms with Crippen LogP contribution in [-0.2, 0) is 20.9 Å². The Bertz CT molecular complexity index is 553. The third-order valence-corrected chi connectivity index (χ3v) is 4.55. The monoisotopic (exact) mass is 346 g/mol. The van der Waals surface area contributed by atoms with E-state index < -0.39 is 6.04 Å². The second-order valence-electron chi connectivity index (χ2n) is 7.01. The smallest absolute Gasteiger partial charge is 0.329 e. The average molecular weight is 346 g/mol. The molecule has 2 atom stereocenters. The van der Waals surface area contributed by atoms with Crippen LogP contribution in [0.5, 0.6) is 0 Å². The topological polar surface area (TPSA) is 58.6 Å². The summed E-state index contributed by atoms with van der Waals surface area (Å²) >= 11 is 0. The molecule has 1 fully saturated rings. The second kappa shape index (κ2) is 9.56. The van der Waals surface area contributed by atoms with Gasteiger partial charge in [0.25, 0.3) is 0 Å². The van der Waals surface area contributed by atoms with Gasteiger partial charge in [-0.3, -0.25) is 4.79 Å². The summed E-state index contributed by atoms with van der Waals surface area (Å²) in [6.45, 7) is 7.65. The van der Waals surface area contributed by atoms with Gasteiger partial charge in [-0.15, -0.1) is 0 Å². The van der Waals surface area contributed by atoms with Crippen molar-refractivity contribution in [1.29, 1.82) is 0 Å². The molecular weight excluding hydrogens is 316 g/mol. The number of benzene rings is 1. The molecule has 1 saturated heterocycles. The highest BCUT2D eigenvalue weighted by atomic mass is 16.5. The van der Waals surface area contributed by atoms with Crippen LogP contribution < -0.4 is 5.32 Å². The lowest BCUT2D eigenvalue weighted by atomic mass is 10.0. The number of ether oxygens (including phenoxy) is 1. The van der Waals surface area contributed by atoms with Crippen LogP contribution in [0, 0.1) is 5.92 Å². The molecule has 0 spiro atoms. The minimum atomic E-state index is -0.524. The summed E-state index contributed by atoms with van der Waals surface area (Å²) in [7, 11) is 0. The standard InChI is InChI=1S/C20H30N2O3/c1-4-22(19(23)17-11-8-12-21-17)18(13-15(2)3)20(24)25-14-16-9-6-5-7-10-16/h5-7,9-10,15,17-18,21H,4,8,11-14H2,1-3H3/t17-,18+/m0/s1. The first-order valence-electron chi connectivity index (χ1n) is 9.27. The SMILES string of the molecule is CCN(C(=O)[C@@H]1CCCN1)[C@H](CC(C)C)C(=O)OCc1ccccc1. The van der Waals surface area contributed by atoms with Crippen LogP contribution >= 0.6 is 0 Å². The van der Waals surface area contributed by atoms with Crippen LogP contribution in [0.2, 0.25) is 0 Å². The molecule has 25 heavy (non-hydrogen) atoms. The van der Waals surface area contributed by atoms with Crippen LogP contribution in [0.1, 0.15) is 45.6 Å². The summed E-state index contributed by atoms with van der Waals surface area (Å²) < 4.78 is 5.53. The third-order valence-electron chi connectivity index (χ3n) is 4.55. The van der Waals surface area contributed by atoms with Gasteiger partial charge in [0.15, 0.2) is 0 Å². The number of amides is 1. The predicted octanol–water partition coefficient (Wildman–Crippen LogP) is 2.75. The Morgan fingerprint density at radius 2 is 2.00 bits per heavy atom.